The van der Waals surface area contributed by atoms with Gasteiger partial charge in [-0.05, 0) is 55.7 Å². The third-order valence-corrected chi connectivity index (χ3v) is 5.03. The standard InChI is InChI=1S/C20H20F3NO2/c1-12(25)14-3-2-13-4-9-19(18(11-24)17(13)10-14)26-16-7-5-15(6-8-16)20(21,22)23/h2-4,9-10,12,15-16,25H,5-8H2,1H3. The van der Waals surface area contributed by atoms with E-state index in [0.29, 0.717) is 35.1 Å². The number of aliphatic hydroxyl groups excluding tert-OH is 1. The lowest BCUT2D eigenvalue weighted by Crippen LogP contribution is -2.32. The van der Waals surface area contributed by atoms with Gasteiger partial charge in [0.25, 0.3) is 0 Å². The second kappa shape index (κ2) is 7.16. The molecule has 0 aromatic heterocycles. The normalized spacial score (nSPS) is 22.0. The minimum atomic E-state index is -4.15. The predicted molar refractivity (Wildman–Crippen MR) is 91.7 cm³/mol. The molecule has 0 radical (unpaired) electrons. The molecule has 0 bridgehead atoms. The molecule has 2 aromatic rings. The molecule has 3 nitrogen and oxygen atoms in total. The van der Waals surface area contributed by atoms with Crippen LogP contribution in [-0.4, -0.2) is 17.4 Å². The van der Waals surface area contributed by atoms with Gasteiger partial charge in [0.05, 0.1) is 18.1 Å². The summed E-state index contributed by atoms with van der Waals surface area (Å²) in [4.78, 5) is 0. The first-order chi connectivity index (χ1) is 12.3. The third-order valence-electron chi connectivity index (χ3n) is 5.03. The van der Waals surface area contributed by atoms with Gasteiger partial charge < -0.3 is 9.84 Å². The fourth-order valence-electron chi connectivity index (χ4n) is 3.48. The second-order valence-electron chi connectivity index (χ2n) is 6.84. The van der Waals surface area contributed by atoms with Crippen molar-refractivity contribution < 1.29 is 23.0 Å². The summed E-state index contributed by atoms with van der Waals surface area (Å²) in [6.45, 7) is 1.65. The van der Waals surface area contributed by atoms with E-state index in [4.69, 9.17) is 4.74 Å². The van der Waals surface area contributed by atoms with Crippen LogP contribution in [0, 0.1) is 17.2 Å². The Balaban J connectivity index is 1.83. The van der Waals surface area contributed by atoms with Gasteiger partial charge in [0.1, 0.15) is 17.4 Å². The van der Waals surface area contributed by atoms with Crippen LogP contribution >= 0.6 is 0 Å². The third kappa shape index (κ3) is 3.78. The quantitative estimate of drug-likeness (QED) is 0.809. The lowest BCUT2D eigenvalue weighted by Gasteiger charge is -2.30. The van der Waals surface area contributed by atoms with Gasteiger partial charge in [-0.2, -0.15) is 18.4 Å². The molecular weight excluding hydrogens is 343 g/mol. The number of halogens is 3. The first-order valence-corrected chi connectivity index (χ1v) is 8.67. The van der Waals surface area contributed by atoms with Crippen molar-refractivity contribution in [2.75, 3.05) is 0 Å². The largest absolute Gasteiger partial charge is 0.489 e. The molecule has 0 spiro atoms. The molecule has 0 amide bonds. The number of fused-ring (bicyclic) bond motifs is 1. The highest BCUT2D eigenvalue weighted by Crippen LogP contribution is 2.39. The highest BCUT2D eigenvalue weighted by atomic mass is 19.4. The van der Waals surface area contributed by atoms with Crippen molar-refractivity contribution in [3.63, 3.8) is 0 Å². The number of rotatable bonds is 3. The molecule has 0 aliphatic heterocycles. The summed E-state index contributed by atoms with van der Waals surface area (Å²) in [7, 11) is 0. The second-order valence-corrected chi connectivity index (χ2v) is 6.84. The van der Waals surface area contributed by atoms with Crippen molar-refractivity contribution in [3.8, 4) is 11.8 Å². The van der Waals surface area contributed by atoms with Crippen molar-refractivity contribution in [3.05, 3.63) is 41.5 Å². The van der Waals surface area contributed by atoms with Crippen LogP contribution < -0.4 is 4.74 Å². The van der Waals surface area contributed by atoms with Crippen LogP contribution in [0.25, 0.3) is 10.8 Å². The van der Waals surface area contributed by atoms with Crippen LogP contribution in [0.3, 0.4) is 0 Å². The van der Waals surface area contributed by atoms with Gasteiger partial charge in [-0.25, -0.2) is 0 Å². The van der Waals surface area contributed by atoms with Gasteiger partial charge in [0, 0.05) is 5.39 Å². The Hall–Kier alpha value is -2.26. The molecule has 1 atom stereocenters. The molecule has 2 aromatic carbocycles. The Kier molecular flexibility index (Phi) is 5.10. The smallest absolute Gasteiger partial charge is 0.391 e. The van der Waals surface area contributed by atoms with E-state index in [2.05, 4.69) is 6.07 Å². The SMILES string of the molecule is CC(O)c1ccc2ccc(OC3CCC(C(F)(F)F)CC3)c(C#N)c2c1. The van der Waals surface area contributed by atoms with E-state index >= 15 is 0 Å². The van der Waals surface area contributed by atoms with E-state index in [0.717, 1.165) is 5.39 Å². The van der Waals surface area contributed by atoms with Gasteiger partial charge >= 0.3 is 6.18 Å². The van der Waals surface area contributed by atoms with Gasteiger partial charge in [-0.1, -0.05) is 18.2 Å². The Morgan fingerprint density at radius 1 is 1.15 bits per heavy atom. The molecule has 1 N–H and O–H groups in total. The molecule has 0 heterocycles. The highest BCUT2D eigenvalue weighted by Gasteiger charge is 2.41. The summed E-state index contributed by atoms with van der Waals surface area (Å²) in [6.07, 6.45) is -4.39. The van der Waals surface area contributed by atoms with Crippen molar-refractivity contribution >= 4 is 10.8 Å². The Labute approximate surface area is 150 Å². The zero-order valence-electron chi connectivity index (χ0n) is 14.4. The van der Waals surface area contributed by atoms with E-state index in [1.165, 1.54) is 0 Å². The van der Waals surface area contributed by atoms with Gasteiger partial charge in [-0.3, -0.25) is 0 Å². The van der Waals surface area contributed by atoms with Crippen LogP contribution in [0.1, 0.15) is 49.8 Å². The lowest BCUT2D eigenvalue weighted by atomic mass is 9.87. The number of benzene rings is 2. The maximum Gasteiger partial charge on any atom is 0.391 e. The predicted octanol–water partition coefficient (Wildman–Crippen LogP) is 5.26. The highest BCUT2D eigenvalue weighted by molar-refractivity contribution is 5.90. The van der Waals surface area contributed by atoms with Crippen LogP contribution in [0.5, 0.6) is 5.75 Å². The molecule has 1 saturated carbocycles. The maximum absolute atomic E-state index is 12.8. The molecule has 138 valence electrons. The first kappa shape index (κ1) is 18.5. The monoisotopic (exact) mass is 363 g/mol. The Morgan fingerprint density at radius 2 is 1.81 bits per heavy atom. The summed E-state index contributed by atoms with van der Waals surface area (Å²) >= 11 is 0. The topological polar surface area (TPSA) is 53.2 Å². The van der Waals surface area contributed by atoms with E-state index < -0.39 is 18.2 Å². The van der Waals surface area contributed by atoms with Crippen LogP contribution in [0.15, 0.2) is 30.3 Å². The maximum atomic E-state index is 12.8. The number of nitriles is 1. The van der Waals surface area contributed by atoms with E-state index in [1.54, 1.807) is 25.1 Å². The van der Waals surface area contributed by atoms with Gasteiger partial charge in [-0.15, -0.1) is 0 Å². The molecule has 1 unspecified atom stereocenters. The summed E-state index contributed by atoms with van der Waals surface area (Å²) in [5.41, 5.74) is 1.04. The van der Waals surface area contributed by atoms with Crippen LogP contribution in [0.4, 0.5) is 13.2 Å². The zero-order chi connectivity index (χ0) is 18.9. The average molecular weight is 363 g/mol. The Bertz CT molecular complexity index is 831. The molecule has 0 saturated heterocycles. The number of alkyl halides is 3. The van der Waals surface area contributed by atoms with Crippen LogP contribution in [0.2, 0.25) is 0 Å². The minimum absolute atomic E-state index is 0.0514. The molecule has 3 rings (SSSR count). The number of hydrogen-bond acceptors (Lipinski definition) is 3. The number of nitrogens with zero attached hydrogens (tertiary/aromatic N) is 1. The molecule has 1 aliphatic rings. The molecule has 6 heteroatoms. The van der Waals surface area contributed by atoms with E-state index in [9.17, 15) is 23.5 Å². The molecule has 26 heavy (non-hydrogen) atoms. The van der Waals surface area contributed by atoms with Crippen molar-refractivity contribution in [1.29, 1.82) is 5.26 Å². The van der Waals surface area contributed by atoms with Crippen molar-refractivity contribution in [2.24, 2.45) is 5.92 Å². The lowest BCUT2D eigenvalue weighted by molar-refractivity contribution is -0.185. The van der Waals surface area contributed by atoms with Crippen molar-refractivity contribution in [2.45, 2.75) is 51.0 Å². The Morgan fingerprint density at radius 3 is 2.38 bits per heavy atom. The zero-order valence-corrected chi connectivity index (χ0v) is 14.4. The molecule has 1 aliphatic carbocycles. The fourth-order valence-corrected chi connectivity index (χ4v) is 3.48. The number of aliphatic hydroxyl groups is 1. The van der Waals surface area contributed by atoms with Gasteiger partial charge in [0.15, 0.2) is 0 Å². The summed E-state index contributed by atoms with van der Waals surface area (Å²) in [5.74, 6) is -0.874. The van der Waals surface area contributed by atoms with E-state index in [1.807, 2.05) is 12.1 Å². The average Bonchev–Trinajstić information content (AvgIpc) is 2.60. The molecular formula is C20H20F3NO2. The first-order valence-electron chi connectivity index (χ1n) is 8.67. The molecule has 1 fully saturated rings. The van der Waals surface area contributed by atoms with Crippen molar-refractivity contribution in [1.82, 2.24) is 0 Å². The summed E-state index contributed by atoms with van der Waals surface area (Å²) in [5, 5.41) is 20.9. The van der Waals surface area contributed by atoms with E-state index in [-0.39, 0.29) is 18.9 Å². The fraction of sp³-hybridized carbons (Fsp3) is 0.450. The summed E-state index contributed by atoms with van der Waals surface area (Å²) in [6, 6.07) is 11.0. The van der Waals surface area contributed by atoms with Crippen LogP contribution in [-0.2, 0) is 0 Å². The number of ether oxygens (including phenoxy) is 1. The van der Waals surface area contributed by atoms with Gasteiger partial charge in [0.2, 0.25) is 0 Å². The summed E-state index contributed by atoms with van der Waals surface area (Å²) < 4.78 is 44.3. The number of hydrogen-bond donors (Lipinski definition) is 1. The minimum Gasteiger partial charge on any atom is -0.489 e.